The van der Waals surface area contributed by atoms with Crippen LogP contribution in [0.3, 0.4) is 0 Å². The summed E-state index contributed by atoms with van der Waals surface area (Å²) in [6.07, 6.45) is 1.11. The molecule has 4 aromatic rings. The molecule has 1 saturated heterocycles. The topological polar surface area (TPSA) is 71.3 Å². The van der Waals surface area contributed by atoms with Gasteiger partial charge in [-0.15, -0.1) is 10.2 Å². The molecule has 0 N–H and O–H groups in total. The molecule has 1 aromatic heterocycles. The lowest BCUT2D eigenvalue weighted by molar-refractivity contribution is -0.133. The Labute approximate surface area is 258 Å². The lowest BCUT2D eigenvalue weighted by atomic mass is 10.1. The van der Waals surface area contributed by atoms with Crippen molar-refractivity contribution in [1.82, 2.24) is 24.6 Å². The van der Waals surface area contributed by atoms with Gasteiger partial charge >= 0.3 is 0 Å². The third-order valence-corrected chi connectivity index (χ3v) is 8.73. The minimum absolute atomic E-state index is 0.0838. The number of carbonyl (C=O) groups is 2. The maximum absolute atomic E-state index is 13.1. The Kier molecular flexibility index (Phi) is 9.55. The van der Waals surface area contributed by atoms with Crippen LogP contribution in [0, 0.1) is 0 Å². The highest BCUT2D eigenvalue weighted by molar-refractivity contribution is 7.99. The van der Waals surface area contributed by atoms with E-state index in [1.165, 1.54) is 0 Å². The zero-order chi connectivity index (χ0) is 28.9. The standard InChI is InChI=1S/C30H28Cl3N5O2S/c1-20-19-36(15-16-37(20)29(40)25-14-13-23(32)18-26(25)33)27(39)8-5-17-41-30-35-34-28(21-9-11-22(31)12-10-21)38(30)24-6-3-2-4-7-24/h2-4,6-7,9-14,18,20H,5,8,15-17,19H2,1H3. The van der Waals surface area contributed by atoms with E-state index in [0.717, 1.165) is 22.2 Å². The van der Waals surface area contributed by atoms with Crippen LogP contribution in [0.5, 0.6) is 0 Å². The number of nitrogens with zero attached hydrogens (tertiary/aromatic N) is 5. The van der Waals surface area contributed by atoms with Crippen LogP contribution >= 0.6 is 46.6 Å². The van der Waals surface area contributed by atoms with Crippen molar-refractivity contribution < 1.29 is 9.59 Å². The van der Waals surface area contributed by atoms with Crippen LogP contribution in [0.2, 0.25) is 15.1 Å². The molecule has 212 valence electrons. The van der Waals surface area contributed by atoms with Gasteiger partial charge in [0.25, 0.3) is 5.91 Å². The first-order valence-corrected chi connectivity index (χ1v) is 15.4. The average Bonchev–Trinajstić information content (AvgIpc) is 3.39. The number of piperazine rings is 1. The van der Waals surface area contributed by atoms with E-state index in [4.69, 9.17) is 34.8 Å². The van der Waals surface area contributed by atoms with Crippen molar-refractivity contribution in [1.29, 1.82) is 0 Å². The van der Waals surface area contributed by atoms with Crippen molar-refractivity contribution in [2.24, 2.45) is 0 Å². The molecule has 0 saturated carbocycles. The number of para-hydroxylation sites is 1. The molecular weight excluding hydrogens is 601 g/mol. The molecule has 1 unspecified atom stereocenters. The number of amides is 2. The van der Waals surface area contributed by atoms with Crippen molar-refractivity contribution in [3.8, 4) is 17.1 Å². The summed E-state index contributed by atoms with van der Waals surface area (Å²) in [5.74, 6) is 1.37. The molecule has 0 aliphatic carbocycles. The first-order chi connectivity index (χ1) is 19.8. The Morgan fingerprint density at radius 2 is 1.66 bits per heavy atom. The molecule has 1 fully saturated rings. The number of hydrogen-bond donors (Lipinski definition) is 0. The lowest BCUT2D eigenvalue weighted by Gasteiger charge is -2.40. The molecule has 0 spiro atoms. The number of thioether (sulfide) groups is 1. The maximum atomic E-state index is 13.1. The summed E-state index contributed by atoms with van der Waals surface area (Å²) >= 11 is 19.9. The van der Waals surface area contributed by atoms with E-state index in [0.29, 0.717) is 58.9 Å². The van der Waals surface area contributed by atoms with Crippen LogP contribution in [0.4, 0.5) is 0 Å². The largest absolute Gasteiger partial charge is 0.339 e. The van der Waals surface area contributed by atoms with Crippen LogP contribution in [0.15, 0.2) is 78.0 Å². The van der Waals surface area contributed by atoms with Crippen molar-refractivity contribution >= 4 is 58.4 Å². The lowest BCUT2D eigenvalue weighted by Crippen LogP contribution is -2.55. The molecule has 11 heteroatoms. The van der Waals surface area contributed by atoms with Crippen molar-refractivity contribution in [2.75, 3.05) is 25.4 Å². The average molecular weight is 629 g/mol. The summed E-state index contributed by atoms with van der Waals surface area (Å²) in [4.78, 5) is 29.7. The maximum Gasteiger partial charge on any atom is 0.255 e. The Hall–Kier alpha value is -3.04. The summed E-state index contributed by atoms with van der Waals surface area (Å²) in [5, 5.41) is 11.2. The Morgan fingerprint density at radius 1 is 0.927 bits per heavy atom. The summed E-state index contributed by atoms with van der Waals surface area (Å²) in [6, 6.07) is 22.2. The van der Waals surface area contributed by atoms with E-state index in [1.54, 1.807) is 34.9 Å². The SMILES string of the molecule is CC1CN(C(=O)CCCSc2nnc(-c3ccc(Cl)cc3)n2-c2ccccc2)CCN1C(=O)c1ccc(Cl)cc1Cl. The second kappa shape index (κ2) is 13.3. The monoisotopic (exact) mass is 627 g/mol. The summed E-state index contributed by atoms with van der Waals surface area (Å²) in [6.45, 7) is 3.37. The van der Waals surface area contributed by atoms with Crippen LogP contribution in [-0.2, 0) is 4.79 Å². The molecule has 7 nitrogen and oxygen atoms in total. The fraction of sp³-hybridized carbons (Fsp3) is 0.267. The molecule has 0 radical (unpaired) electrons. The number of carbonyl (C=O) groups excluding carboxylic acids is 2. The van der Waals surface area contributed by atoms with E-state index in [1.807, 2.05) is 71.0 Å². The van der Waals surface area contributed by atoms with Gasteiger partial charge in [-0.3, -0.25) is 14.2 Å². The van der Waals surface area contributed by atoms with Crippen LogP contribution in [0.1, 0.15) is 30.1 Å². The molecular formula is C30H28Cl3N5O2S. The number of hydrogen-bond acceptors (Lipinski definition) is 5. The van der Waals surface area contributed by atoms with Gasteiger partial charge in [-0.25, -0.2) is 0 Å². The first kappa shape index (κ1) is 29.5. The van der Waals surface area contributed by atoms with E-state index in [9.17, 15) is 9.59 Å². The fourth-order valence-electron chi connectivity index (χ4n) is 4.81. The summed E-state index contributed by atoms with van der Waals surface area (Å²) in [7, 11) is 0. The molecule has 2 amide bonds. The van der Waals surface area contributed by atoms with E-state index in [-0.39, 0.29) is 17.9 Å². The quantitative estimate of drug-likeness (QED) is 0.153. The zero-order valence-electron chi connectivity index (χ0n) is 22.3. The fourth-order valence-corrected chi connectivity index (χ4v) is 6.31. The zero-order valence-corrected chi connectivity index (χ0v) is 25.4. The number of benzene rings is 3. The van der Waals surface area contributed by atoms with Gasteiger partial charge in [0.15, 0.2) is 11.0 Å². The predicted molar refractivity (Wildman–Crippen MR) is 165 cm³/mol. The molecule has 5 rings (SSSR count). The van der Waals surface area contributed by atoms with E-state index in [2.05, 4.69) is 10.2 Å². The molecule has 1 atom stereocenters. The van der Waals surface area contributed by atoms with Crippen molar-refractivity contribution in [3.05, 3.63) is 93.4 Å². The second-order valence-electron chi connectivity index (χ2n) is 9.75. The smallest absolute Gasteiger partial charge is 0.255 e. The van der Waals surface area contributed by atoms with Crippen LogP contribution in [-0.4, -0.2) is 67.8 Å². The third-order valence-electron chi connectivity index (χ3n) is 6.92. The second-order valence-corrected chi connectivity index (χ2v) is 12.1. The highest BCUT2D eigenvalue weighted by Crippen LogP contribution is 2.29. The highest BCUT2D eigenvalue weighted by atomic mass is 35.5. The van der Waals surface area contributed by atoms with Crippen molar-refractivity contribution in [3.63, 3.8) is 0 Å². The summed E-state index contributed by atoms with van der Waals surface area (Å²) < 4.78 is 2.03. The van der Waals surface area contributed by atoms with E-state index < -0.39 is 0 Å². The minimum Gasteiger partial charge on any atom is -0.339 e. The third kappa shape index (κ3) is 6.89. The Bertz CT molecular complexity index is 1530. The molecule has 2 heterocycles. The number of aromatic nitrogens is 3. The minimum atomic E-state index is -0.150. The van der Waals surface area contributed by atoms with Gasteiger partial charge in [0, 0.05) is 59.1 Å². The van der Waals surface area contributed by atoms with Gasteiger partial charge in [0.2, 0.25) is 5.91 Å². The molecule has 0 bridgehead atoms. The first-order valence-electron chi connectivity index (χ1n) is 13.2. The van der Waals surface area contributed by atoms with Crippen molar-refractivity contribution in [2.45, 2.75) is 31.0 Å². The Morgan fingerprint density at radius 3 is 2.37 bits per heavy atom. The van der Waals surface area contributed by atoms with Gasteiger partial charge in [0.1, 0.15) is 0 Å². The van der Waals surface area contributed by atoms with Crippen LogP contribution < -0.4 is 0 Å². The molecule has 41 heavy (non-hydrogen) atoms. The molecule has 1 aliphatic heterocycles. The molecule has 1 aliphatic rings. The van der Waals surface area contributed by atoms with Gasteiger partial charge in [0.05, 0.1) is 10.6 Å². The predicted octanol–water partition coefficient (Wildman–Crippen LogP) is 7.14. The van der Waals surface area contributed by atoms with Gasteiger partial charge in [-0.1, -0.05) is 64.8 Å². The highest BCUT2D eigenvalue weighted by Gasteiger charge is 2.31. The van der Waals surface area contributed by atoms with Crippen LogP contribution in [0.25, 0.3) is 17.1 Å². The van der Waals surface area contributed by atoms with Gasteiger partial charge in [-0.2, -0.15) is 0 Å². The molecule has 3 aromatic carbocycles. The summed E-state index contributed by atoms with van der Waals surface area (Å²) in [5.41, 5.74) is 2.29. The van der Waals surface area contributed by atoms with Gasteiger partial charge < -0.3 is 9.80 Å². The Balaban J connectivity index is 1.17. The van der Waals surface area contributed by atoms with E-state index >= 15 is 0 Å². The number of halogens is 3. The normalized spacial score (nSPS) is 15.3. The number of rotatable bonds is 8. The van der Waals surface area contributed by atoms with Gasteiger partial charge in [-0.05, 0) is 67.9 Å².